The maximum atomic E-state index is 9.70. The molecule has 1 aliphatic heterocycles. The van der Waals surface area contributed by atoms with Gasteiger partial charge in [-0.2, -0.15) is 0 Å². The van der Waals surface area contributed by atoms with Crippen LogP contribution in [0.5, 0.6) is 0 Å². The molecule has 0 spiro atoms. The van der Waals surface area contributed by atoms with E-state index in [1.54, 1.807) is 0 Å². The first-order chi connectivity index (χ1) is 7.18. The van der Waals surface area contributed by atoms with Crippen LogP contribution in [0.2, 0.25) is 0 Å². The molecule has 2 aliphatic rings. The molecule has 1 heterocycles. The summed E-state index contributed by atoms with van der Waals surface area (Å²) >= 11 is 0. The van der Waals surface area contributed by atoms with E-state index in [-0.39, 0.29) is 5.41 Å². The van der Waals surface area contributed by atoms with E-state index < -0.39 is 0 Å². The average molecular weight is 212 g/mol. The van der Waals surface area contributed by atoms with E-state index >= 15 is 0 Å². The monoisotopic (exact) mass is 212 g/mol. The van der Waals surface area contributed by atoms with Gasteiger partial charge in [0.25, 0.3) is 0 Å². The number of ether oxygens (including phenoxy) is 1. The fourth-order valence-corrected chi connectivity index (χ4v) is 2.83. The van der Waals surface area contributed by atoms with Crippen LogP contribution in [0.15, 0.2) is 0 Å². The lowest BCUT2D eigenvalue weighted by atomic mass is 9.75. The molecule has 1 aliphatic carbocycles. The Hall–Kier alpha value is -0.0800. The summed E-state index contributed by atoms with van der Waals surface area (Å²) in [5.41, 5.74) is 0.103. The van der Waals surface area contributed by atoms with Gasteiger partial charge in [-0.15, -0.1) is 0 Å². The molecule has 0 aromatic heterocycles. The van der Waals surface area contributed by atoms with Crippen molar-refractivity contribution in [1.29, 1.82) is 0 Å². The zero-order valence-electron chi connectivity index (χ0n) is 10.0. The molecular weight excluding hydrogens is 188 g/mol. The second-order valence-electron chi connectivity index (χ2n) is 5.83. The van der Waals surface area contributed by atoms with Crippen molar-refractivity contribution in [3.63, 3.8) is 0 Å². The van der Waals surface area contributed by atoms with Gasteiger partial charge in [-0.05, 0) is 37.5 Å². The van der Waals surface area contributed by atoms with Gasteiger partial charge in [0.1, 0.15) is 0 Å². The van der Waals surface area contributed by atoms with Gasteiger partial charge in [0.2, 0.25) is 0 Å². The Morgan fingerprint density at radius 2 is 2.13 bits per heavy atom. The molecule has 1 N–H and O–H groups in total. The lowest BCUT2D eigenvalue weighted by molar-refractivity contribution is -0.00677. The van der Waals surface area contributed by atoms with E-state index in [9.17, 15) is 5.11 Å². The molecule has 0 radical (unpaired) electrons. The first-order valence-corrected chi connectivity index (χ1v) is 6.40. The molecule has 2 nitrogen and oxygen atoms in total. The summed E-state index contributed by atoms with van der Waals surface area (Å²) in [5.74, 6) is 1.49. The highest BCUT2D eigenvalue weighted by molar-refractivity contribution is 4.99. The predicted octanol–water partition coefficient (Wildman–Crippen LogP) is 2.60. The first kappa shape index (κ1) is 11.4. The fourth-order valence-electron chi connectivity index (χ4n) is 2.83. The molecule has 2 fully saturated rings. The van der Waals surface area contributed by atoms with Gasteiger partial charge >= 0.3 is 0 Å². The standard InChI is InChI=1S/C13H24O2/c1-10(2)5-6-13(9-14)7-8-15-12(13)11-3-4-11/h10-12,14H,3-9H2,1-2H3. The molecule has 88 valence electrons. The van der Waals surface area contributed by atoms with Crippen molar-refractivity contribution in [1.82, 2.24) is 0 Å². The third-order valence-electron chi connectivity index (χ3n) is 4.09. The summed E-state index contributed by atoms with van der Waals surface area (Å²) < 4.78 is 5.86. The summed E-state index contributed by atoms with van der Waals surface area (Å²) in [5, 5.41) is 9.70. The van der Waals surface area contributed by atoms with Crippen LogP contribution in [0.4, 0.5) is 0 Å². The second-order valence-corrected chi connectivity index (χ2v) is 5.83. The van der Waals surface area contributed by atoms with Crippen LogP contribution in [0.25, 0.3) is 0 Å². The van der Waals surface area contributed by atoms with E-state index in [4.69, 9.17) is 4.74 Å². The number of aliphatic hydroxyl groups is 1. The third-order valence-corrected chi connectivity index (χ3v) is 4.09. The quantitative estimate of drug-likeness (QED) is 0.759. The van der Waals surface area contributed by atoms with Gasteiger partial charge in [0, 0.05) is 12.0 Å². The minimum atomic E-state index is 0.103. The molecule has 2 atom stereocenters. The molecule has 0 aromatic rings. The Balaban J connectivity index is 1.98. The van der Waals surface area contributed by atoms with Crippen LogP contribution in [0, 0.1) is 17.3 Å². The van der Waals surface area contributed by atoms with Gasteiger partial charge < -0.3 is 9.84 Å². The zero-order valence-corrected chi connectivity index (χ0v) is 10.0. The van der Waals surface area contributed by atoms with Crippen LogP contribution in [-0.4, -0.2) is 24.4 Å². The highest BCUT2D eigenvalue weighted by Gasteiger charge is 2.50. The van der Waals surface area contributed by atoms with Crippen molar-refractivity contribution in [2.75, 3.05) is 13.2 Å². The van der Waals surface area contributed by atoms with Crippen LogP contribution in [-0.2, 0) is 4.74 Å². The van der Waals surface area contributed by atoms with E-state index in [2.05, 4.69) is 13.8 Å². The Morgan fingerprint density at radius 1 is 1.40 bits per heavy atom. The van der Waals surface area contributed by atoms with Gasteiger partial charge in [-0.1, -0.05) is 20.3 Å². The van der Waals surface area contributed by atoms with Crippen LogP contribution >= 0.6 is 0 Å². The van der Waals surface area contributed by atoms with Crippen LogP contribution in [0.1, 0.15) is 46.0 Å². The molecule has 2 heteroatoms. The summed E-state index contributed by atoms with van der Waals surface area (Å²) in [6.45, 7) is 5.70. The highest BCUT2D eigenvalue weighted by atomic mass is 16.5. The van der Waals surface area contributed by atoms with E-state index in [1.165, 1.54) is 19.3 Å². The molecule has 2 rings (SSSR count). The van der Waals surface area contributed by atoms with Crippen LogP contribution < -0.4 is 0 Å². The molecule has 2 unspecified atom stereocenters. The van der Waals surface area contributed by atoms with Crippen LogP contribution in [0.3, 0.4) is 0 Å². The molecule has 0 amide bonds. The normalized spacial score (nSPS) is 36.4. The molecule has 1 saturated heterocycles. The number of aliphatic hydroxyl groups excluding tert-OH is 1. The van der Waals surface area contributed by atoms with Gasteiger partial charge in [-0.3, -0.25) is 0 Å². The smallest absolute Gasteiger partial charge is 0.0682 e. The maximum Gasteiger partial charge on any atom is 0.0682 e. The summed E-state index contributed by atoms with van der Waals surface area (Å²) in [7, 11) is 0. The third kappa shape index (κ3) is 2.36. The molecule has 0 bridgehead atoms. The largest absolute Gasteiger partial charge is 0.396 e. The SMILES string of the molecule is CC(C)CCC1(CO)CCOC1C1CC1. The van der Waals surface area contributed by atoms with Gasteiger partial charge in [0.15, 0.2) is 0 Å². The average Bonchev–Trinajstić information content (AvgIpc) is 2.97. The lowest BCUT2D eigenvalue weighted by Gasteiger charge is -2.33. The van der Waals surface area contributed by atoms with Crippen molar-refractivity contribution in [2.45, 2.75) is 52.1 Å². The van der Waals surface area contributed by atoms with E-state index in [0.29, 0.717) is 12.7 Å². The van der Waals surface area contributed by atoms with Crippen molar-refractivity contribution in [2.24, 2.45) is 17.3 Å². The van der Waals surface area contributed by atoms with Crippen molar-refractivity contribution in [3.8, 4) is 0 Å². The van der Waals surface area contributed by atoms with Crippen molar-refractivity contribution >= 4 is 0 Å². The second kappa shape index (κ2) is 4.42. The minimum Gasteiger partial charge on any atom is -0.396 e. The maximum absolute atomic E-state index is 9.70. The Kier molecular flexibility index (Phi) is 3.36. The Morgan fingerprint density at radius 3 is 2.67 bits per heavy atom. The van der Waals surface area contributed by atoms with Crippen molar-refractivity contribution < 1.29 is 9.84 Å². The lowest BCUT2D eigenvalue weighted by Crippen LogP contribution is -2.36. The Labute approximate surface area is 93.0 Å². The molecule has 1 saturated carbocycles. The highest BCUT2D eigenvalue weighted by Crippen LogP contribution is 2.50. The number of hydrogen-bond donors (Lipinski definition) is 1. The fraction of sp³-hybridized carbons (Fsp3) is 1.00. The zero-order chi connectivity index (χ0) is 10.9. The first-order valence-electron chi connectivity index (χ1n) is 6.40. The summed E-state index contributed by atoms with van der Waals surface area (Å²) in [6.07, 6.45) is 6.41. The van der Waals surface area contributed by atoms with E-state index in [1.807, 2.05) is 0 Å². The molecule has 0 aromatic carbocycles. The van der Waals surface area contributed by atoms with Crippen molar-refractivity contribution in [3.05, 3.63) is 0 Å². The summed E-state index contributed by atoms with van der Waals surface area (Å²) in [4.78, 5) is 0. The van der Waals surface area contributed by atoms with Gasteiger partial charge in [0.05, 0.1) is 12.7 Å². The molecule has 15 heavy (non-hydrogen) atoms. The number of rotatable bonds is 5. The van der Waals surface area contributed by atoms with E-state index in [0.717, 1.165) is 31.3 Å². The summed E-state index contributed by atoms with van der Waals surface area (Å²) in [6, 6.07) is 0. The van der Waals surface area contributed by atoms with Gasteiger partial charge in [-0.25, -0.2) is 0 Å². The predicted molar refractivity (Wildman–Crippen MR) is 60.7 cm³/mol. The Bertz CT molecular complexity index is 211. The topological polar surface area (TPSA) is 29.5 Å². The molecular formula is C13H24O2. The number of hydrogen-bond acceptors (Lipinski definition) is 2. The minimum absolute atomic E-state index is 0.103.